The number of carbonyl (C=O) groups excluding carboxylic acids is 2. The Morgan fingerprint density at radius 1 is 1.40 bits per heavy atom. The van der Waals surface area contributed by atoms with Crippen LogP contribution in [0.25, 0.3) is 0 Å². The van der Waals surface area contributed by atoms with E-state index in [0.717, 1.165) is 15.7 Å². The number of carbonyl (C=O) groups is 2. The number of benzene rings is 1. The zero-order valence-electron chi connectivity index (χ0n) is 12.2. The van der Waals surface area contributed by atoms with Gasteiger partial charge in [-0.1, -0.05) is 22.9 Å². The first-order valence-electron chi connectivity index (χ1n) is 6.72. The fraction of sp³-hybridized carbons (Fsp3) is 0.467. The molecule has 1 heterocycles. The average Bonchev–Trinajstić information content (AvgIpc) is 2.39. The van der Waals surface area contributed by atoms with E-state index in [1.165, 1.54) is 0 Å². The van der Waals surface area contributed by atoms with Gasteiger partial charge < -0.3 is 5.32 Å². The highest BCUT2D eigenvalue weighted by atomic mass is 79.9. The van der Waals surface area contributed by atoms with Crippen LogP contribution in [0.3, 0.4) is 0 Å². The molecule has 0 bridgehead atoms. The van der Waals surface area contributed by atoms with E-state index in [1.54, 1.807) is 18.7 Å². The number of hydrogen-bond acceptors (Lipinski definition) is 2. The van der Waals surface area contributed by atoms with Crippen molar-refractivity contribution in [3.8, 4) is 0 Å². The Hall–Kier alpha value is -1.36. The summed E-state index contributed by atoms with van der Waals surface area (Å²) in [6, 6.07) is 5.22. The van der Waals surface area contributed by atoms with Crippen LogP contribution in [0.15, 0.2) is 22.7 Å². The summed E-state index contributed by atoms with van der Waals surface area (Å²) in [5, 5.41) is 2.83. The maximum atomic E-state index is 12.8. The monoisotopic (exact) mass is 338 g/mol. The highest BCUT2D eigenvalue weighted by Gasteiger charge is 2.46. The number of amides is 2. The third-order valence-electron chi connectivity index (χ3n) is 3.98. The van der Waals surface area contributed by atoms with E-state index in [1.807, 2.05) is 32.0 Å². The Balaban J connectivity index is 2.51. The Morgan fingerprint density at radius 3 is 2.60 bits per heavy atom. The highest BCUT2D eigenvalue weighted by Crippen LogP contribution is 2.31. The lowest BCUT2D eigenvalue weighted by Crippen LogP contribution is -2.68. The molecule has 2 atom stereocenters. The standard InChI is InChI=1S/C15H19BrN2O2/c1-5-15(4)14(20)18(10(3)13(19)17-15)12-7-6-11(16)8-9(12)2/h6-8,10H,5H2,1-4H3,(H,17,19). The van der Waals surface area contributed by atoms with Gasteiger partial charge in [0.15, 0.2) is 0 Å². The van der Waals surface area contributed by atoms with Gasteiger partial charge in [-0.05, 0) is 51.0 Å². The van der Waals surface area contributed by atoms with Crippen molar-refractivity contribution in [2.24, 2.45) is 0 Å². The smallest absolute Gasteiger partial charge is 0.253 e. The molecule has 2 unspecified atom stereocenters. The Morgan fingerprint density at radius 2 is 2.05 bits per heavy atom. The summed E-state index contributed by atoms with van der Waals surface area (Å²) >= 11 is 3.42. The predicted molar refractivity (Wildman–Crippen MR) is 82.7 cm³/mol. The second kappa shape index (κ2) is 5.20. The molecule has 2 rings (SSSR count). The first kappa shape index (κ1) is 15.0. The lowest BCUT2D eigenvalue weighted by atomic mass is 9.91. The van der Waals surface area contributed by atoms with Gasteiger partial charge in [-0.25, -0.2) is 0 Å². The van der Waals surface area contributed by atoms with Gasteiger partial charge in [-0.15, -0.1) is 0 Å². The van der Waals surface area contributed by atoms with Crippen LogP contribution in [0.1, 0.15) is 32.8 Å². The van der Waals surface area contributed by atoms with Crippen molar-refractivity contribution in [1.82, 2.24) is 5.32 Å². The molecule has 0 radical (unpaired) electrons. The fourth-order valence-corrected chi connectivity index (χ4v) is 2.91. The Bertz CT molecular complexity index is 573. The molecule has 5 heteroatoms. The third-order valence-corrected chi connectivity index (χ3v) is 4.48. The van der Waals surface area contributed by atoms with Crippen LogP contribution >= 0.6 is 15.9 Å². The molecule has 4 nitrogen and oxygen atoms in total. The number of nitrogens with one attached hydrogen (secondary N) is 1. The van der Waals surface area contributed by atoms with Gasteiger partial charge in [0.2, 0.25) is 5.91 Å². The van der Waals surface area contributed by atoms with E-state index in [2.05, 4.69) is 21.2 Å². The maximum absolute atomic E-state index is 12.8. The number of hydrogen-bond donors (Lipinski definition) is 1. The number of rotatable bonds is 2. The summed E-state index contributed by atoms with van der Waals surface area (Å²) in [6.07, 6.45) is 0.566. The summed E-state index contributed by atoms with van der Waals surface area (Å²) in [4.78, 5) is 26.5. The molecule has 1 aromatic rings. The van der Waals surface area contributed by atoms with Gasteiger partial charge in [0.05, 0.1) is 0 Å². The Labute approximate surface area is 127 Å². The molecule has 0 aliphatic carbocycles. The zero-order chi connectivity index (χ0) is 15.1. The van der Waals surface area contributed by atoms with Gasteiger partial charge in [0.1, 0.15) is 11.6 Å². The van der Waals surface area contributed by atoms with Gasteiger partial charge in [-0.2, -0.15) is 0 Å². The topological polar surface area (TPSA) is 49.4 Å². The quantitative estimate of drug-likeness (QED) is 0.901. The molecule has 2 amide bonds. The normalized spacial score (nSPS) is 26.6. The maximum Gasteiger partial charge on any atom is 0.253 e. The molecule has 1 saturated heterocycles. The summed E-state index contributed by atoms with van der Waals surface area (Å²) in [5.41, 5.74) is 0.927. The number of piperazine rings is 1. The minimum atomic E-state index is -0.830. The molecule has 0 saturated carbocycles. The van der Waals surface area contributed by atoms with Crippen molar-refractivity contribution in [1.29, 1.82) is 0 Å². The molecule has 1 aliphatic rings. The minimum absolute atomic E-state index is 0.0578. The number of anilines is 1. The van der Waals surface area contributed by atoms with Crippen LogP contribution in [0, 0.1) is 6.92 Å². The van der Waals surface area contributed by atoms with Gasteiger partial charge in [-0.3, -0.25) is 14.5 Å². The average molecular weight is 339 g/mol. The van der Waals surface area contributed by atoms with E-state index in [9.17, 15) is 9.59 Å². The number of nitrogens with zero attached hydrogens (tertiary/aromatic N) is 1. The summed E-state index contributed by atoms with van der Waals surface area (Å²) in [5.74, 6) is -0.172. The predicted octanol–water partition coefficient (Wildman–Crippen LogP) is 2.78. The molecule has 0 aromatic heterocycles. The van der Waals surface area contributed by atoms with E-state index in [-0.39, 0.29) is 11.8 Å². The lowest BCUT2D eigenvalue weighted by molar-refractivity contribution is -0.137. The van der Waals surface area contributed by atoms with Gasteiger partial charge >= 0.3 is 0 Å². The van der Waals surface area contributed by atoms with Crippen molar-refractivity contribution in [3.63, 3.8) is 0 Å². The second-order valence-electron chi connectivity index (χ2n) is 5.46. The molecule has 108 valence electrons. The molecule has 1 aromatic carbocycles. The van der Waals surface area contributed by atoms with E-state index in [0.29, 0.717) is 6.42 Å². The van der Waals surface area contributed by atoms with Crippen LogP contribution in [-0.2, 0) is 9.59 Å². The van der Waals surface area contributed by atoms with Crippen LogP contribution in [-0.4, -0.2) is 23.4 Å². The van der Waals surface area contributed by atoms with Crippen molar-refractivity contribution in [3.05, 3.63) is 28.2 Å². The first-order chi connectivity index (χ1) is 9.30. The van der Waals surface area contributed by atoms with Crippen LogP contribution in [0.4, 0.5) is 5.69 Å². The molecular weight excluding hydrogens is 320 g/mol. The second-order valence-corrected chi connectivity index (χ2v) is 6.37. The van der Waals surface area contributed by atoms with Crippen LogP contribution in [0.2, 0.25) is 0 Å². The lowest BCUT2D eigenvalue weighted by Gasteiger charge is -2.43. The SMILES string of the molecule is CCC1(C)NC(=O)C(C)N(c2ccc(Br)cc2C)C1=O. The van der Waals surface area contributed by atoms with E-state index < -0.39 is 11.6 Å². The van der Waals surface area contributed by atoms with Crippen molar-refractivity contribution < 1.29 is 9.59 Å². The van der Waals surface area contributed by atoms with Gasteiger partial charge in [0, 0.05) is 10.2 Å². The van der Waals surface area contributed by atoms with Crippen molar-refractivity contribution in [2.75, 3.05) is 4.90 Å². The molecule has 1 N–H and O–H groups in total. The van der Waals surface area contributed by atoms with Gasteiger partial charge in [0.25, 0.3) is 5.91 Å². The zero-order valence-corrected chi connectivity index (χ0v) is 13.7. The first-order valence-corrected chi connectivity index (χ1v) is 7.51. The highest BCUT2D eigenvalue weighted by molar-refractivity contribution is 9.10. The molecular formula is C15H19BrN2O2. The van der Waals surface area contributed by atoms with Crippen LogP contribution < -0.4 is 10.2 Å². The Kier molecular flexibility index (Phi) is 3.91. The third kappa shape index (κ3) is 2.35. The van der Waals surface area contributed by atoms with Crippen molar-refractivity contribution >= 4 is 33.4 Å². The molecule has 20 heavy (non-hydrogen) atoms. The summed E-state index contributed by atoms with van der Waals surface area (Å²) in [7, 11) is 0. The summed E-state index contributed by atoms with van der Waals surface area (Å²) < 4.78 is 0.957. The minimum Gasteiger partial charge on any atom is -0.340 e. The number of aryl methyl sites for hydroxylation is 1. The molecule has 0 spiro atoms. The fourth-order valence-electron chi connectivity index (χ4n) is 2.44. The van der Waals surface area contributed by atoms with Crippen molar-refractivity contribution in [2.45, 2.75) is 45.7 Å². The van der Waals surface area contributed by atoms with Crippen LogP contribution in [0.5, 0.6) is 0 Å². The molecule has 1 fully saturated rings. The number of halogens is 1. The molecule has 1 aliphatic heterocycles. The van der Waals surface area contributed by atoms with E-state index in [4.69, 9.17) is 0 Å². The largest absolute Gasteiger partial charge is 0.340 e. The summed E-state index contributed by atoms with van der Waals surface area (Å²) in [6.45, 7) is 7.38. The van der Waals surface area contributed by atoms with E-state index >= 15 is 0 Å².